The molecular formula is C17H16ClN3O4S. The number of rotatable bonds is 7. The molecule has 0 unspecified atom stereocenters. The van der Waals surface area contributed by atoms with E-state index in [1.807, 2.05) is 30.3 Å². The van der Waals surface area contributed by atoms with E-state index in [0.29, 0.717) is 17.5 Å². The molecule has 9 heteroatoms. The molecule has 1 N–H and O–H groups in total. The third-order valence-corrected chi connectivity index (χ3v) is 5.32. The van der Waals surface area contributed by atoms with Gasteiger partial charge in [-0.3, -0.25) is 0 Å². The van der Waals surface area contributed by atoms with Crippen LogP contribution in [0.2, 0.25) is 5.02 Å². The van der Waals surface area contributed by atoms with Gasteiger partial charge in [0.2, 0.25) is 21.7 Å². The number of benzene rings is 2. The first-order valence-electron chi connectivity index (χ1n) is 7.71. The van der Waals surface area contributed by atoms with Crippen molar-refractivity contribution in [1.29, 1.82) is 0 Å². The van der Waals surface area contributed by atoms with Crippen LogP contribution in [0.5, 0.6) is 5.75 Å². The Labute approximate surface area is 156 Å². The fraction of sp³-hybridized carbons (Fsp3) is 0.176. The Kier molecular flexibility index (Phi) is 5.55. The van der Waals surface area contributed by atoms with Gasteiger partial charge in [0.25, 0.3) is 0 Å². The normalized spacial score (nSPS) is 11.5. The maximum atomic E-state index is 12.3. The maximum absolute atomic E-state index is 12.3. The third kappa shape index (κ3) is 4.21. The highest BCUT2D eigenvalue weighted by molar-refractivity contribution is 7.89. The third-order valence-electron chi connectivity index (χ3n) is 3.56. The van der Waals surface area contributed by atoms with Crippen molar-refractivity contribution in [2.75, 3.05) is 13.7 Å². The van der Waals surface area contributed by atoms with Crippen molar-refractivity contribution in [3.63, 3.8) is 0 Å². The van der Waals surface area contributed by atoms with Gasteiger partial charge in [-0.05, 0) is 18.2 Å². The molecule has 0 radical (unpaired) electrons. The molecule has 3 rings (SSSR count). The molecule has 26 heavy (non-hydrogen) atoms. The lowest BCUT2D eigenvalue weighted by molar-refractivity contribution is 0.379. The molecule has 0 aliphatic rings. The van der Waals surface area contributed by atoms with Gasteiger partial charge in [0.05, 0.1) is 17.0 Å². The number of hydrogen-bond donors (Lipinski definition) is 1. The number of nitrogens with one attached hydrogen (secondary N) is 1. The van der Waals surface area contributed by atoms with Crippen LogP contribution in [0.4, 0.5) is 0 Å². The molecule has 0 aliphatic heterocycles. The second kappa shape index (κ2) is 7.86. The molecule has 0 saturated heterocycles. The Morgan fingerprint density at radius 1 is 1.19 bits per heavy atom. The summed E-state index contributed by atoms with van der Waals surface area (Å²) >= 11 is 5.98. The first-order valence-corrected chi connectivity index (χ1v) is 9.57. The van der Waals surface area contributed by atoms with Crippen LogP contribution in [0, 0.1) is 0 Å². The average molecular weight is 394 g/mol. The van der Waals surface area contributed by atoms with E-state index in [-0.39, 0.29) is 22.9 Å². The summed E-state index contributed by atoms with van der Waals surface area (Å²) < 4.78 is 37.3. The number of hydrogen-bond acceptors (Lipinski definition) is 6. The summed E-state index contributed by atoms with van der Waals surface area (Å²) in [5.74, 6) is 1.22. The van der Waals surface area contributed by atoms with Crippen molar-refractivity contribution in [2.45, 2.75) is 11.3 Å². The highest BCUT2D eigenvalue weighted by Gasteiger charge is 2.16. The lowest BCUT2D eigenvalue weighted by atomic mass is 10.2. The van der Waals surface area contributed by atoms with Crippen molar-refractivity contribution in [3.8, 4) is 17.1 Å². The fourth-order valence-corrected chi connectivity index (χ4v) is 3.63. The van der Waals surface area contributed by atoms with Gasteiger partial charge in [0, 0.05) is 18.5 Å². The van der Waals surface area contributed by atoms with E-state index in [1.165, 1.54) is 25.3 Å². The van der Waals surface area contributed by atoms with Gasteiger partial charge in [-0.25, -0.2) is 13.1 Å². The minimum atomic E-state index is -3.70. The summed E-state index contributed by atoms with van der Waals surface area (Å²) in [6.45, 7) is 0.113. The summed E-state index contributed by atoms with van der Waals surface area (Å²) in [4.78, 5) is 4.31. The molecule has 0 fully saturated rings. The number of sulfonamides is 1. The van der Waals surface area contributed by atoms with E-state index in [2.05, 4.69) is 14.9 Å². The SMILES string of the molecule is COc1ccc(S(=O)(=O)NCCc2nc(-c3ccccc3)no2)cc1Cl. The maximum Gasteiger partial charge on any atom is 0.240 e. The molecule has 0 aliphatic carbocycles. The molecule has 0 spiro atoms. The van der Waals surface area contributed by atoms with E-state index < -0.39 is 10.0 Å². The second-order valence-electron chi connectivity index (χ2n) is 5.32. The van der Waals surface area contributed by atoms with Crippen molar-refractivity contribution in [1.82, 2.24) is 14.9 Å². The quantitative estimate of drug-likeness (QED) is 0.663. The predicted molar refractivity (Wildman–Crippen MR) is 96.6 cm³/mol. The first-order chi connectivity index (χ1) is 12.5. The zero-order valence-electron chi connectivity index (χ0n) is 13.8. The lowest BCUT2D eigenvalue weighted by Gasteiger charge is -2.08. The van der Waals surface area contributed by atoms with E-state index in [9.17, 15) is 8.42 Å². The van der Waals surface area contributed by atoms with Gasteiger partial charge >= 0.3 is 0 Å². The number of nitrogens with zero attached hydrogens (tertiary/aromatic N) is 2. The molecule has 0 amide bonds. The molecule has 1 aromatic heterocycles. The van der Waals surface area contributed by atoms with Crippen molar-refractivity contribution in [3.05, 3.63) is 59.4 Å². The number of ether oxygens (including phenoxy) is 1. The van der Waals surface area contributed by atoms with Crippen LogP contribution in [0.25, 0.3) is 11.4 Å². The van der Waals surface area contributed by atoms with Crippen molar-refractivity contribution in [2.24, 2.45) is 0 Å². The van der Waals surface area contributed by atoms with E-state index in [1.54, 1.807) is 0 Å². The predicted octanol–water partition coefficient (Wildman–Crippen LogP) is 2.92. The van der Waals surface area contributed by atoms with Gasteiger partial charge in [-0.1, -0.05) is 47.1 Å². The first kappa shape index (κ1) is 18.4. The molecule has 0 saturated carbocycles. The summed E-state index contributed by atoms with van der Waals surface area (Å²) in [5.41, 5.74) is 0.830. The van der Waals surface area contributed by atoms with Gasteiger partial charge in [-0.2, -0.15) is 4.98 Å². The molecule has 1 heterocycles. The Bertz CT molecular complexity index is 990. The summed E-state index contributed by atoms with van der Waals surface area (Å²) in [6, 6.07) is 13.6. The van der Waals surface area contributed by atoms with Crippen LogP contribution >= 0.6 is 11.6 Å². The van der Waals surface area contributed by atoms with Crippen LogP contribution in [0.3, 0.4) is 0 Å². The van der Waals surface area contributed by atoms with Crippen molar-refractivity contribution < 1.29 is 17.7 Å². The van der Waals surface area contributed by atoms with Crippen molar-refractivity contribution >= 4 is 21.6 Å². The Morgan fingerprint density at radius 2 is 1.96 bits per heavy atom. The van der Waals surface area contributed by atoms with Gasteiger partial charge in [0.1, 0.15) is 5.75 Å². The molecule has 2 aromatic carbocycles. The van der Waals surface area contributed by atoms with Crippen LogP contribution in [-0.4, -0.2) is 32.2 Å². The largest absolute Gasteiger partial charge is 0.495 e. The van der Waals surface area contributed by atoms with Crippen LogP contribution < -0.4 is 9.46 Å². The lowest BCUT2D eigenvalue weighted by Crippen LogP contribution is -2.26. The Balaban J connectivity index is 1.62. The van der Waals surface area contributed by atoms with Crippen LogP contribution in [0.15, 0.2) is 57.9 Å². The zero-order chi connectivity index (χ0) is 18.6. The Morgan fingerprint density at radius 3 is 2.65 bits per heavy atom. The molecule has 3 aromatic rings. The minimum Gasteiger partial charge on any atom is -0.495 e. The number of methoxy groups -OCH3 is 1. The molecule has 7 nitrogen and oxygen atoms in total. The monoisotopic (exact) mass is 393 g/mol. The van der Waals surface area contributed by atoms with Gasteiger partial charge < -0.3 is 9.26 Å². The molecule has 0 atom stereocenters. The second-order valence-corrected chi connectivity index (χ2v) is 7.50. The minimum absolute atomic E-state index is 0.0544. The molecule has 136 valence electrons. The summed E-state index contributed by atoms with van der Waals surface area (Å²) in [6.07, 6.45) is 0.267. The average Bonchev–Trinajstić information content (AvgIpc) is 3.11. The number of halogens is 1. The zero-order valence-corrected chi connectivity index (χ0v) is 15.4. The molecular weight excluding hydrogens is 378 g/mol. The van der Waals surface area contributed by atoms with E-state index in [0.717, 1.165) is 5.56 Å². The topological polar surface area (TPSA) is 94.3 Å². The summed E-state index contributed by atoms with van der Waals surface area (Å²) in [5, 5.41) is 4.12. The molecule has 0 bridgehead atoms. The number of aromatic nitrogens is 2. The van der Waals surface area contributed by atoms with E-state index in [4.69, 9.17) is 20.9 Å². The van der Waals surface area contributed by atoms with Gasteiger partial charge in [0.15, 0.2) is 0 Å². The smallest absolute Gasteiger partial charge is 0.240 e. The fourth-order valence-electron chi connectivity index (χ4n) is 2.25. The van der Waals surface area contributed by atoms with Gasteiger partial charge in [-0.15, -0.1) is 0 Å². The van der Waals surface area contributed by atoms with Crippen LogP contribution in [0.1, 0.15) is 5.89 Å². The Hall–Kier alpha value is -2.42. The summed E-state index contributed by atoms with van der Waals surface area (Å²) in [7, 11) is -2.24. The highest BCUT2D eigenvalue weighted by atomic mass is 35.5. The highest BCUT2D eigenvalue weighted by Crippen LogP contribution is 2.26. The van der Waals surface area contributed by atoms with E-state index >= 15 is 0 Å². The standard InChI is InChI=1S/C17H16ClN3O4S/c1-24-15-8-7-13(11-14(15)18)26(22,23)19-10-9-16-20-17(21-25-16)12-5-3-2-4-6-12/h2-8,11,19H,9-10H2,1H3. The van der Waals surface area contributed by atoms with Crippen LogP contribution in [-0.2, 0) is 16.4 Å².